The van der Waals surface area contributed by atoms with Crippen LogP contribution in [0.1, 0.15) is 5.56 Å². The zero-order valence-corrected chi connectivity index (χ0v) is 9.70. The topological polar surface area (TPSA) is 57.2 Å². The van der Waals surface area contributed by atoms with Crippen LogP contribution in [0.4, 0.5) is 13.2 Å². The second kappa shape index (κ2) is 5.54. The van der Waals surface area contributed by atoms with E-state index in [0.29, 0.717) is 17.1 Å². The van der Waals surface area contributed by atoms with Gasteiger partial charge >= 0.3 is 6.18 Å². The Labute approximate surface area is 106 Å². The molecule has 0 bridgehead atoms. The fraction of sp³-hybridized carbons (Fsp3) is 0.455. The molecule has 1 N–H and O–H groups in total. The van der Waals surface area contributed by atoms with Crippen LogP contribution in [0.5, 0.6) is 17.2 Å². The van der Waals surface area contributed by atoms with Crippen molar-refractivity contribution in [3.63, 3.8) is 0 Å². The summed E-state index contributed by atoms with van der Waals surface area (Å²) in [5.74, 6) is 1.05. The molecule has 0 radical (unpaired) electrons. The molecule has 0 spiro atoms. The summed E-state index contributed by atoms with van der Waals surface area (Å²) in [4.78, 5) is 0. The molecule has 1 aliphatic heterocycles. The molecular formula is C11H11F3O5. The van der Waals surface area contributed by atoms with E-state index in [-0.39, 0.29) is 19.1 Å². The smallest absolute Gasteiger partial charge is 0.411 e. The maximum Gasteiger partial charge on any atom is 0.411 e. The van der Waals surface area contributed by atoms with Crippen molar-refractivity contribution in [3.05, 3.63) is 17.7 Å². The minimum absolute atomic E-state index is 0.0498. The number of hydrogen-bond donors (Lipinski definition) is 1. The van der Waals surface area contributed by atoms with E-state index in [1.165, 1.54) is 12.1 Å². The molecule has 0 atom stereocenters. The number of rotatable bonds is 5. The standard InChI is InChI=1S/C11H11F3O5/c12-11(13,14)4-16-5-17-8-2-10-9(18-6-19-10)1-7(8)3-15/h1-2,15H,3-6H2. The lowest BCUT2D eigenvalue weighted by atomic mass is 10.2. The van der Waals surface area contributed by atoms with Gasteiger partial charge in [0.25, 0.3) is 0 Å². The van der Waals surface area contributed by atoms with Crippen LogP contribution in [0.25, 0.3) is 0 Å². The molecule has 5 nitrogen and oxygen atoms in total. The lowest BCUT2D eigenvalue weighted by molar-refractivity contribution is -0.186. The zero-order valence-electron chi connectivity index (χ0n) is 9.70. The number of aliphatic hydroxyl groups is 1. The first-order chi connectivity index (χ1) is 8.99. The minimum Gasteiger partial charge on any atom is -0.467 e. The van der Waals surface area contributed by atoms with E-state index in [1.54, 1.807) is 0 Å². The number of aliphatic hydroxyl groups excluding tert-OH is 1. The monoisotopic (exact) mass is 280 g/mol. The minimum atomic E-state index is -4.40. The number of halogens is 3. The Balaban J connectivity index is 1.96. The van der Waals surface area contributed by atoms with E-state index in [0.717, 1.165) is 0 Å². The molecule has 0 unspecified atom stereocenters. The predicted molar refractivity (Wildman–Crippen MR) is 56.0 cm³/mol. The third-order valence-electron chi connectivity index (χ3n) is 2.29. The second-order valence-corrected chi connectivity index (χ2v) is 3.70. The molecule has 1 heterocycles. The maximum atomic E-state index is 11.8. The molecule has 106 valence electrons. The Bertz CT molecular complexity index is 447. The summed E-state index contributed by atoms with van der Waals surface area (Å²) in [5.41, 5.74) is 0.375. The lowest BCUT2D eigenvalue weighted by Crippen LogP contribution is -2.19. The summed E-state index contributed by atoms with van der Waals surface area (Å²) in [6, 6.07) is 2.94. The predicted octanol–water partition coefficient (Wildman–Crippen LogP) is 1.82. The molecule has 0 saturated carbocycles. The summed E-state index contributed by atoms with van der Waals surface area (Å²) in [7, 11) is 0. The first kappa shape index (κ1) is 13.8. The Morgan fingerprint density at radius 3 is 2.53 bits per heavy atom. The fourth-order valence-electron chi connectivity index (χ4n) is 1.49. The third kappa shape index (κ3) is 3.65. The van der Waals surface area contributed by atoms with Crippen molar-refractivity contribution in [2.75, 3.05) is 20.2 Å². The van der Waals surface area contributed by atoms with Gasteiger partial charge in [0.05, 0.1) is 6.61 Å². The van der Waals surface area contributed by atoms with Gasteiger partial charge in [-0.2, -0.15) is 13.2 Å². The van der Waals surface area contributed by atoms with Gasteiger partial charge in [-0.25, -0.2) is 0 Å². The van der Waals surface area contributed by atoms with Crippen molar-refractivity contribution < 1.29 is 37.2 Å². The van der Waals surface area contributed by atoms with Gasteiger partial charge in [0, 0.05) is 11.6 Å². The highest BCUT2D eigenvalue weighted by Crippen LogP contribution is 2.38. The van der Waals surface area contributed by atoms with Crippen LogP contribution in [-0.4, -0.2) is 31.5 Å². The Morgan fingerprint density at radius 2 is 1.89 bits per heavy atom. The molecule has 19 heavy (non-hydrogen) atoms. The van der Waals surface area contributed by atoms with E-state index >= 15 is 0 Å². The van der Waals surface area contributed by atoms with Crippen molar-refractivity contribution in [1.82, 2.24) is 0 Å². The molecule has 0 amide bonds. The average Bonchev–Trinajstić information content (AvgIpc) is 2.79. The van der Waals surface area contributed by atoms with Crippen molar-refractivity contribution in [2.24, 2.45) is 0 Å². The van der Waals surface area contributed by atoms with E-state index in [4.69, 9.17) is 19.3 Å². The molecule has 0 aliphatic carbocycles. The van der Waals surface area contributed by atoms with E-state index in [2.05, 4.69) is 4.74 Å². The largest absolute Gasteiger partial charge is 0.467 e. The Morgan fingerprint density at radius 1 is 1.21 bits per heavy atom. The third-order valence-corrected chi connectivity index (χ3v) is 2.29. The van der Waals surface area contributed by atoms with Crippen LogP contribution in [0, 0.1) is 0 Å². The van der Waals surface area contributed by atoms with Gasteiger partial charge in [0.1, 0.15) is 12.4 Å². The van der Waals surface area contributed by atoms with E-state index < -0.39 is 19.6 Å². The van der Waals surface area contributed by atoms with E-state index in [9.17, 15) is 13.2 Å². The Hall–Kier alpha value is -1.67. The molecule has 8 heteroatoms. The van der Waals surface area contributed by atoms with Crippen LogP contribution in [-0.2, 0) is 11.3 Å². The summed E-state index contributed by atoms with van der Waals surface area (Å²) in [5, 5.41) is 9.14. The van der Waals surface area contributed by atoms with Gasteiger partial charge in [-0.3, -0.25) is 0 Å². The summed E-state index contributed by atoms with van der Waals surface area (Å²) in [6.07, 6.45) is -4.40. The number of ether oxygens (including phenoxy) is 4. The zero-order chi connectivity index (χ0) is 13.9. The number of alkyl halides is 3. The van der Waals surface area contributed by atoms with Gasteiger partial charge in [0.15, 0.2) is 18.3 Å². The van der Waals surface area contributed by atoms with Crippen LogP contribution >= 0.6 is 0 Å². The lowest BCUT2D eigenvalue weighted by Gasteiger charge is -2.12. The van der Waals surface area contributed by atoms with E-state index in [1.807, 2.05) is 0 Å². The molecular weight excluding hydrogens is 269 g/mol. The van der Waals surface area contributed by atoms with Crippen LogP contribution in [0.2, 0.25) is 0 Å². The normalized spacial score (nSPS) is 13.7. The average molecular weight is 280 g/mol. The highest BCUT2D eigenvalue weighted by Gasteiger charge is 2.27. The van der Waals surface area contributed by atoms with Gasteiger partial charge in [-0.1, -0.05) is 0 Å². The molecule has 1 aliphatic rings. The van der Waals surface area contributed by atoms with Gasteiger partial charge in [0.2, 0.25) is 6.79 Å². The molecule has 1 aromatic rings. The summed E-state index contributed by atoms with van der Waals surface area (Å²) in [6.45, 7) is -2.27. The van der Waals surface area contributed by atoms with Gasteiger partial charge in [-0.15, -0.1) is 0 Å². The van der Waals surface area contributed by atoms with Crippen molar-refractivity contribution in [3.8, 4) is 17.2 Å². The second-order valence-electron chi connectivity index (χ2n) is 3.70. The fourth-order valence-corrected chi connectivity index (χ4v) is 1.49. The summed E-state index contributed by atoms with van der Waals surface area (Å²) >= 11 is 0. The Kier molecular flexibility index (Phi) is 4.01. The number of benzene rings is 1. The molecule has 0 fully saturated rings. The van der Waals surface area contributed by atoms with Crippen LogP contribution in [0.15, 0.2) is 12.1 Å². The first-order valence-corrected chi connectivity index (χ1v) is 5.30. The van der Waals surface area contributed by atoms with Crippen molar-refractivity contribution >= 4 is 0 Å². The number of fused-ring (bicyclic) bond motifs is 1. The highest BCUT2D eigenvalue weighted by atomic mass is 19.4. The van der Waals surface area contributed by atoms with Crippen molar-refractivity contribution in [1.29, 1.82) is 0 Å². The highest BCUT2D eigenvalue weighted by molar-refractivity contribution is 5.51. The molecule has 0 saturated heterocycles. The van der Waals surface area contributed by atoms with Crippen LogP contribution < -0.4 is 14.2 Å². The summed E-state index contributed by atoms with van der Waals surface area (Å²) < 4.78 is 55.1. The molecule has 0 aromatic heterocycles. The van der Waals surface area contributed by atoms with Crippen LogP contribution in [0.3, 0.4) is 0 Å². The van der Waals surface area contributed by atoms with Crippen molar-refractivity contribution in [2.45, 2.75) is 12.8 Å². The van der Waals surface area contributed by atoms with Gasteiger partial charge < -0.3 is 24.1 Å². The van der Waals surface area contributed by atoms with Gasteiger partial charge in [-0.05, 0) is 6.07 Å². The first-order valence-electron chi connectivity index (χ1n) is 5.30. The SMILES string of the molecule is OCc1cc2c(cc1OCOCC(F)(F)F)OCO2. The number of hydrogen-bond acceptors (Lipinski definition) is 5. The maximum absolute atomic E-state index is 11.8. The quantitative estimate of drug-likeness (QED) is 0.658. The molecule has 1 aromatic carbocycles. The molecule has 2 rings (SSSR count).